The average molecular weight is 352 g/mol. The molecule has 1 N–H and O–H groups in total. The molecule has 1 aromatic rings. The van der Waals surface area contributed by atoms with Crippen molar-refractivity contribution in [3.05, 3.63) is 33.8 Å². The summed E-state index contributed by atoms with van der Waals surface area (Å²) in [5.41, 5.74) is 0.906. The second-order valence-electron chi connectivity index (χ2n) is 5.26. The molecule has 0 aromatic heterocycles. The third-order valence-corrected chi connectivity index (χ3v) is 4.56. The van der Waals surface area contributed by atoms with Crippen LogP contribution in [0, 0.1) is 0 Å². The van der Waals surface area contributed by atoms with Crippen LogP contribution in [0.5, 0.6) is 0 Å². The zero-order chi connectivity index (χ0) is 14.5. The lowest BCUT2D eigenvalue weighted by atomic mass is 10.1. The summed E-state index contributed by atoms with van der Waals surface area (Å²) in [6.07, 6.45) is 3.58. The van der Waals surface area contributed by atoms with Crippen LogP contribution in [0.25, 0.3) is 0 Å². The number of nitrogens with one attached hydrogen (secondary N) is 1. The Labute approximate surface area is 142 Å². The molecule has 1 aliphatic heterocycles. The second kappa shape index (κ2) is 8.84. The van der Waals surface area contributed by atoms with Crippen LogP contribution in [0.1, 0.15) is 24.8 Å². The Balaban J connectivity index is 0.00000220. The molecule has 1 atom stereocenters. The van der Waals surface area contributed by atoms with E-state index in [1.807, 2.05) is 18.0 Å². The fourth-order valence-corrected chi connectivity index (χ4v) is 2.86. The number of likely N-dealkylation sites (N-methyl/N-ethyl adjacent to an activating group) is 1. The van der Waals surface area contributed by atoms with E-state index in [1.54, 1.807) is 12.1 Å². The largest absolute Gasteiger partial charge is 0.342 e. The molecule has 0 bridgehead atoms. The minimum Gasteiger partial charge on any atom is -0.342 e. The predicted molar refractivity (Wildman–Crippen MR) is 90.7 cm³/mol. The zero-order valence-electron chi connectivity index (χ0n) is 12.1. The number of amides is 1. The maximum Gasteiger partial charge on any atom is 0.226 e. The maximum atomic E-state index is 12.3. The minimum atomic E-state index is 0. The van der Waals surface area contributed by atoms with Crippen LogP contribution in [0.3, 0.4) is 0 Å². The van der Waals surface area contributed by atoms with Gasteiger partial charge >= 0.3 is 0 Å². The first kappa shape index (κ1) is 18.6. The molecule has 1 amide bonds. The number of hydrogen-bond acceptors (Lipinski definition) is 2. The van der Waals surface area contributed by atoms with Gasteiger partial charge in [0.15, 0.2) is 0 Å². The van der Waals surface area contributed by atoms with E-state index in [2.05, 4.69) is 5.32 Å². The summed E-state index contributed by atoms with van der Waals surface area (Å²) >= 11 is 11.9. The van der Waals surface area contributed by atoms with Crippen LogP contribution in [0.15, 0.2) is 18.2 Å². The summed E-state index contributed by atoms with van der Waals surface area (Å²) in [4.78, 5) is 14.2. The first-order chi connectivity index (χ1) is 9.58. The van der Waals surface area contributed by atoms with Gasteiger partial charge in [-0.15, -0.1) is 12.4 Å². The van der Waals surface area contributed by atoms with Gasteiger partial charge in [0.2, 0.25) is 5.91 Å². The van der Waals surface area contributed by atoms with Gasteiger partial charge in [0.1, 0.15) is 0 Å². The van der Waals surface area contributed by atoms with Gasteiger partial charge in [0, 0.05) is 13.1 Å². The van der Waals surface area contributed by atoms with Gasteiger partial charge in [-0.25, -0.2) is 0 Å². The van der Waals surface area contributed by atoms with E-state index in [0.29, 0.717) is 22.5 Å². The maximum absolute atomic E-state index is 12.3. The molecule has 1 unspecified atom stereocenters. The quantitative estimate of drug-likeness (QED) is 0.903. The smallest absolute Gasteiger partial charge is 0.226 e. The molecular formula is C15H21Cl3N2O. The highest BCUT2D eigenvalue weighted by Crippen LogP contribution is 2.23. The molecule has 6 heteroatoms. The number of rotatable bonds is 3. The van der Waals surface area contributed by atoms with E-state index >= 15 is 0 Å². The Morgan fingerprint density at radius 2 is 2.05 bits per heavy atom. The Morgan fingerprint density at radius 1 is 1.29 bits per heavy atom. The van der Waals surface area contributed by atoms with E-state index in [1.165, 1.54) is 0 Å². The van der Waals surface area contributed by atoms with Crippen LogP contribution in [0.4, 0.5) is 0 Å². The topological polar surface area (TPSA) is 32.3 Å². The third kappa shape index (κ3) is 5.33. The van der Waals surface area contributed by atoms with E-state index in [9.17, 15) is 4.79 Å². The minimum absolute atomic E-state index is 0. The van der Waals surface area contributed by atoms with Gasteiger partial charge in [-0.1, -0.05) is 29.3 Å². The number of hydrogen-bond donors (Lipinski definition) is 1. The molecule has 1 fully saturated rings. The summed E-state index contributed by atoms with van der Waals surface area (Å²) < 4.78 is 0. The molecule has 1 heterocycles. The standard InChI is InChI=1S/C15H20Cl2N2O.ClH/c1-19(12-3-2-7-18-8-6-12)15(20)10-11-4-5-13(16)14(17)9-11;/h4-5,9,12,18H,2-3,6-8,10H2,1H3;1H. The van der Waals surface area contributed by atoms with Crippen molar-refractivity contribution >= 4 is 41.5 Å². The molecule has 0 spiro atoms. The molecule has 0 radical (unpaired) electrons. The van der Waals surface area contributed by atoms with Crippen molar-refractivity contribution in [1.29, 1.82) is 0 Å². The van der Waals surface area contributed by atoms with E-state index in [-0.39, 0.29) is 18.3 Å². The fraction of sp³-hybridized carbons (Fsp3) is 0.533. The Hall–Kier alpha value is -0.480. The van der Waals surface area contributed by atoms with Crippen LogP contribution in [-0.4, -0.2) is 37.0 Å². The molecule has 118 valence electrons. The summed E-state index contributed by atoms with van der Waals surface area (Å²) in [5.74, 6) is 0.135. The molecule has 2 rings (SSSR count). The highest BCUT2D eigenvalue weighted by Gasteiger charge is 2.21. The van der Waals surface area contributed by atoms with Crippen LogP contribution in [0.2, 0.25) is 10.0 Å². The van der Waals surface area contributed by atoms with Crippen molar-refractivity contribution in [2.75, 3.05) is 20.1 Å². The monoisotopic (exact) mass is 350 g/mol. The van der Waals surface area contributed by atoms with Gasteiger partial charge in [-0.05, 0) is 50.0 Å². The van der Waals surface area contributed by atoms with Crippen molar-refractivity contribution in [3.63, 3.8) is 0 Å². The number of carbonyl (C=O) groups excluding carboxylic acids is 1. The molecule has 3 nitrogen and oxygen atoms in total. The molecule has 0 aliphatic carbocycles. The van der Waals surface area contributed by atoms with Gasteiger partial charge in [0.05, 0.1) is 16.5 Å². The second-order valence-corrected chi connectivity index (χ2v) is 6.08. The Kier molecular flexibility index (Phi) is 7.82. The fourth-order valence-electron chi connectivity index (χ4n) is 2.54. The first-order valence-electron chi connectivity index (χ1n) is 6.98. The van der Waals surface area contributed by atoms with Crippen LogP contribution < -0.4 is 5.32 Å². The van der Waals surface area contributed by atoms with Gasteiger partial charge in [-0.3, -0.25) is 4.79 Å². The normalized spacial score (nSPS) is 18.5. The lowest BCUT2D eigenvalue weighted by Gasteiger charge is -2.27. The number of carbonyl (C=O) groups is 1. The Bertz CT molecular complexity index is 474. The number of halogens is 3. The van der Waals surface area contributed by atoms with E-state index in [4.69, 9.17) is 23.2 Å². The summed E-state index contributed by atoms with van der Waals surface area (Å²) in [7, 11) is 1.90. The number of benzene rings is 1. The van der Waals surface area contributed by atoms with Crippen LogP contribution in [-0.2, 0) is 11.2 Å². The van der Waals surface area contributed by atoms with Crippen LogP contribution >= 0.6 is 35.6 Å². The molecule has 1 aliphatic rings. The lowest BCUT2D eigenvalue weighted by molar-refractivity contribution is -0.131. The molecule has 21 heavy (non-hydrogen) atoms. The highest BCUT2D eigenvalue weighted by molar-refractivity contribution is 6.42. The summed E-state index contributed by atoms with van der Waals surface area (Å²) in [5, 5.41) is 4.38. The van der Waals surface area contributed by atoms with Crippen molar-refractivity contribution in [3.8, 4) is 0 Å². The van der Waals surface area contributed by atoms with Gasteiger partial charge in [0.25, 0.3) is 0 Å². The van der Waals surface area contributed by atoms with Crippen molar-refractivity contribution in [2.24, 2.45) is 0 Å². The molecular weight excluding hydrogens is 331 g/mol. The van der Waals surface area contributed by atoms with Crippen molar-refractivity contribution in [2.45, 2.75) is 31.7 Å². The SMILES string of the molecule is CN(C(=O)Cc1ccc(Cl)c(Cl)c1)C1CCCNCC1.Cl. The van der Waals surface area contributed by atoms with E-state index < -0.39 is 0 Å². The summed E-state index contributed by atoms with van der Waals surface area (Å²) in [6, 6.07) is 5.70. The number of nitrogens with zero attached hydrogens (tertiary/aromatic N) is 1. The highest BCUT2D eigenvalue weighted by atomic mass is 35.5. The van der Waals surface area contributed by atoms with Gasteiger partial charge in [-0.2, -0.15) is 0 Å². The van der Waals surface area contributed by atoms with Crippen molar-refractivity contribution < 1.29 is 4.79 Å². The molecule has 0 saturated carbocycles. The summed E-state index contributed by atoms with van der Waals surface area (Å²) in [6.45, 7) is 2.03. The predicted octanol–water partition coefficient (Wildman–Crippen LogP) is 3.56. The Morgan fingerprint density at radius 3 is 2.76 bits per heavy atom. The van der Waals surface area contributed by atoms with E-state index in [0.717, 1.165) is 37.9 Å². The third-order valence-electron chi connectivity index (χ3n) is 3.83. The first-order valence-corrected chi connectivity index (χ1v) is 7.74. The van der Waals surface area contributed by atoms with Gasteiger partial charge < -0.3 is 10.2 Å². The molecule has 1 aromatic carbocycles. The molecule has 1 saturated heterocycles. The lowest BCUT2D eigenvalue weighted by Crippen LogP contribution is -2.38. The zero-order valence-corrected chi connectivity index (χ0v) is 14.4. The average Bonchev–Trinajstić information content (AvgIpc) is 2.71. The van der Waals surface area contributed by atoms with Crippen molar-refractivity contribution in [1.82, 2.24) is 10.2 Å².